The van der Waals surface area contributed by atoms with Crippen LogP contribution in [0.2, 0.25) is 30.9 Å². The molecule has 27 nitrogen and oxygen atoms in total. The van der Waals surface area contributed by atoms with Crippen LogP contribution in [0, 0.1) is 7.14 Å². The molecule has 0 amide bonds. The van der Waals surface area contributed by atoms with Gasteiger partial charge in [0.25, 0.3) is 0 Å². The third-order valence-electron chi connectivity index (χ3n) is 15.7. The number of ether oxygens (including phenoxy) is 6. The summed E-state index contributed by atoms with van der Waals surface area (Å²) in [6, 6.07) is 10.6. The zero-order valence-corrected chi connectivity index (χ0v) is 66.3. The molecule has 532 valence electrons. The van der Waals surface area contributed by atoms with E-state index in [1.54, 1.807) is 52.0 Å². The third-order valence-corrected chi connectivity index (χ3v) is 20.6. The molecule has 0 bridgehead atoms. The Bertz CT molecular complexity index is 4120. The highest BCUT2D eigenvalue weighted by molar-refractivity contribution is 14.1. The van der Waals surface area contributed by atoms with Crippen molar-refractivity contribution in [3.05, 3.63) is 174 Å². The van der Waals surface area contributed by atoms with Crippen molar-refractivity contribution < 1.29 is 58.7 Å². The zero-order valence-electron chi connectivity index (χ0n) is 55.3. The van der Waals surface area contributed by atoms with Gasteiger partial charge in [-0.2, -0.15) is 0 Å². The molecule has 6 aromatic heterocycles. The van der Waals surface area contributed by atoms with Crippen LogP contribution in [0.5, 0.6) is 34.5 Å². The molecule has 0 aromatic carbocycles. The molecule has 36 heteroatoms. The second kappa shape index (κ2) is 35.3. The Hall–Kier alpha value is -5.23. The van der Waals surface area contributed by atoms with Crippen molar-refractivity contribution in [2.75, 3.05) is 63.7 Å². The lowest BCUT2D eigenvalue weighted by atomic mass is 9.84. The van der Waals surface area contributed by atoms with Gasteiger partial charge in [0, 0.05) is 89.6 Å². The Labute approximate surface area is 641 Å². The summed E-state index contributed by atoms with van der Waals surface area (Å²) in [6.45, 7) is 27.2. The normalized spacial score (nSPS) is 21.6. The number of halogens is 9. The Morgan fingerprint density at radius 3 is 1.26 bits per heavy atom. The number of hydrogen-bond donors (Lipinski definition) is 5. The number of aromatic nitrogens is 6. The quantitative estimate of drug-likeness (QED) is 0.00691. The van der Waals surface area contributed by atoms with Crippen molar-refractivity contribution in [1.29, 1.82) is 0 Å². The van der Waals surface area contributed by atoms with E-state index in [1.807, 2.05) is 69.3 Å². The summed E-state index contributed by atoms with van der Waals surface area (Å²) in [5, 5.41) is 59.2. The summed E-state index contributed by atoms with van der Waals surface area (Å²) >= 11 is 42.2. The number of fused-ring (bicyclic) bond motifs is 4. The van der Waals surface area contributed by atoms with E-state index in [0.29, 0.717) is 112 Å². The molecule has 5 N–H and O–H groups in total. The topological polar surface area (TPSA) is 401 Å². The van der Waals surface area contributed by atoms with E-state index < -0.39 is 35.2 Å². The first-order valence-corrected chi connectivity index (χ1v) is 35.8. The molecule has 5 aliphatic heterocycles. The Balaban J connectivity index is 0.000000188. The van der Waals surface area contributed by atoms with E-state index in [0.717, 1.165) is 41.5 Å². The first kappa shape index (κ1) is 82.7. The predicted molar refractivity (Wildman–Crippen MR) is 401 cm³/mol. The van der Waals surface area contributed by atoms with Crippen molar-refractivity contribution in [2.24, 2.45) is 15.3 Å². The molecule has 5 aliphatic rings. The van der Waals surface area contributed by atoms with Crippen molar-refractivity contribution in [2.45, 2.75) is 128 Å². The van der Waals surface area contributed by atoms with Crippen LogP contribution in [0.25, 0.3) is 31.3 Å². The number of aromatic hydroxyl groups is 1. The van der Waals surface area contributed by atoms with Crippen molar-refractivity contribution in [3.8, 4) is 34.5 Å². The van der Waals surface area contributed by atoms with E-state index in [1.165, 1.54) is 6.92 Å². The molecule has 6 aromatic rings. The van der Waals surface area contributed by atoms with Crippen LogP contribution in [0.4, 0.5) is 0 Å². The number of nitrogens with zero attached hydrogens (tertiary/aromatic N) is 15. The number of epoxide rings is 1. The first-order chi connectivity index (χ1) is 46.3. The molecule has 11 rings (SSSR count). The van der Waals surface area contributed by atoms with Crippen LogP contribution < -0.4 is 23.7 Å². The van der Waals surface area contributed by atoms with Crippen LogP contribution in [0.1, 0.15) is 162 Å². The average molecular weight is 1820 g/mol. The van der Waals surface area contributed by atoms with Crippen molar-refractivity contribution >= 4 is 143 Å². The first-order valence-electron chi connectivity index (χ1n) is 29.8. The van der Waals surface area contributed by atoms with Crippen molar-refractivity contribution in [3.63, 3.8) is 0 Å². The molecule has 1 saturated heterocycles. The zero-order chi connectivity index (χ0) is 73.9. The standard InChI is InChI=1S/C12H13ClN4O2.2C11H13ClINO2.C11H13ClN4O2.C11H11ClN4O2.C7H7ClINO2/c1-11(4-15-17-14)5-18-9-7(11)3-8(16-10(9)13)12(2)6-19-12;1-6(15)8-3-7-9(10(12)14-8)16-5-11(7,2)4-13;1-6(2)5-16-10-8(13)4-9(7(3)15)14-11(10)12;2*1-6(17)8-3-7-9(10(12)15-8)18-5-11(7,2)4-14-16-13;1-3(11)5-2-4(9)6(12)7(8)10-5/h3H,4-6H2,1-2H3;3,6,15H,4-5H2,1-2H3;4,7,15H,1,5H2,2-3H3;3,6,17H,4-5H2,1-2H3;3H,4-5H2,1-2H3;2-3,11-12H,1H3. The molecule has 0 aliphatic carbocycles. The van der Waals surface area contributed by atoms with Gasteiger partial charge in [0.05, 0.1) is 93.1 Å². The number of azide groups is 3. The maximum absolute atomic E-state index is 11.4. The van der Waals surface area contributed by atoms with Crippen LogP contribution in [0.15, 0.2) is 63.9 Å². The minimum atomic E-state index is -0.711. The monoisotopic (exact) mass is 1820 g/mol. The number of hydrogen-bond acceptors (Lipinski definition) is 21. The highest BCUT2D eigenvalue weighted by Gasteiger charge is 2.47. The van der Waals surface area contributed by atoms with E-state index in [9.17, 15) is 25.2 Å². The Morgan fingerprint density at radius 2 is 0.899 bits per heavy atom. The fourth-order valence-electron chi connectivity index (χ4n) is 9.56. The fraction of sp³-hybridized carbons (Fsp3) is 0.476. The van der Waals surface area contributed by atoms with Gasteiger partial charge in [-0.3, -0.25) is 4.79 Å². The summed E-state index contributed by atoms with van der Waals surface area (Å²) in [6.07, 6.45) is -2.63. The molecule has 9 unspecified atom stereocenters. The number of carbonyl (C=O) groups excluding carboxylic acids is 1. The minimum Gasteiger partial charge on any atom is -0.504 e. The van der Waals surface area contributed by atoms with Gasteiger partial charge in [0.1, 0.15) is 17.9 Å². The summed E-state index contributed by atoms with van der Waals surface area (Å²) in [4.78, 5) is 44.1. The maximum Gasteiger partial charge on any atom is 0.178 e. The average Bonchev–Trinajstić information content (AvgIpc) is 1.66. The number of Topliss-reactive ketones (excluding diaryl/α,β-unsaturated/α-hetero) is 1. The number of alkyl halides is 1. The van der Waals surface area contributed by atoms with E-state index in [-0.39, 0.29) is 67.4 Å². The van der Waals surface area contributed by atoms with Crippen LogP contribution in [-0.2, 0) is 32.0 Å². The lowest BCUT2D eigenvalue weighted by molar-refractivity contribution is 0.101. The van der Waals surface area contributed by atoms with Gasteiger partial charge in [0.2, 0.25) is 0 Å². The van der Waals surface area contributed by atoms with E-state index in [2.05, 4.69) is 119 Å². The molecule has 9 atom stereocenters. The van der Waals surface area contributed by atoms with E-state index >= 15 is 0 Å². The fourth-order valence-corrected chi connectivity index (χ4v) is 13.3. The number of aliphatic hydroxyl groups is 4. The van der Waals surface area contributed by atoms with Gasteiger partial charge < -0.3 is 54.0 Å². The molecule has 1 fully saturated rings. The van der Waals surface area contributed by atoms with Gasteiger partial charge in [-0.1, -0.05) is 142 Å². The van der Waals surface area contributed by atoms with Crippen molar-refractivity contribution in [1.82, 2.24) is 29.9 Å². The molecule has 0 spiro atoms. The van der Waals surface area contributed by atoms with Gasteiger partial charge in [-0.25, -0.2) is 29.9 Å². The van der Waals surface area contributed by atoms with Crippen LogP contribution in [-0.4, -0.2) is 125 Å². The lowest BCUT2D eigenvalue weighted by Crippen LogP contribution is -2.27. The second-order valence-corrected chi connectivity index (χ2v) is 30.1. The molecular weight excluding hydrogens is 1750 g/mol. The Morgan fingerprint density at radius 1 is 0.556 bits per heavy atom. The highest BCUT2D eigenvalue weighted by atomic mass is 127. The van der Waals surface area contributed by atoms with Gasteiger partial charge in [-0.15, -0.1) is 0 Å². The van der Waals surface area contributed by atoms with Gasteiger partial charge in [0.15, 0.2) is 71.2 Å². The molecular formula is C63H70Cl6I3N15O12. The summed E-state index contributed by atoms with van der Waals surface area (Å²) < 4.78 is 35.4. The van der Waals surface area contributed by atoms with Gasteiger partial charge >= 0.3 is 0 Å². The second-order valence-electron chi connectivity index (χ2n) is 24.8. The van der Waals surface area contributed by atoms with Crippen LogP contribution in [0.3, 0.4) is 0 Å². The molecule has 11 heterocycles. The number of carbonyl (C=O) groups is 1. The molecule has 0 saturated carbocycles. The lowest BCUT2D eigenvalue weighted by Gasteiger charge is -2.20. The smallest absolute Gasteiger partial charge is 0.178 e. The third kappa shape index (κ3) is 20.6. The summed E-state index contributed by atoms with van der Waals surface area (Å²) in [7, 11) is 0. The number of aliphatic hydroxyl groups excluding tert-OH is 4. The Kier molecular flexibility index (Phi) is 29.5. The molecule has 0 radical (unpaired) electrons. The molecule has 99 heavy (non-hydrogen) atoms. The van der Waals surface area contributed by atoms with Gasteiger partial charge in [-0.05, 0) is 145 Å². The summed E-state index contributed by atoms with van der Waals surface area (Å²) in [5.74, 6) is 2.57. The number of pyridine rings is 6. The number of rotatable bonds is 16. The number of ketones is 1. The van der Waals surface area contributed by atoms with Crippen LogP contribution >= 0.6 is 137 Å². The van der Waals surface area contributed by atoms with E-state index in [4.69, 9.17) is 120 Å². The predicted octanol–water partition coefficient (Wildman–Crippen LogP) is 16.9. The summed E-state index contributed by atoms with van der Waals surface area (Å²) in [5.41, 5.74) is 31.3. The minimum absolute atomic E-state index is 0.0257. The maximum atomic E-state index is 11.4. The SMILES string of the molecule is C=C(C)COc1c(I)cc(C(C)O)nc1Cl.CC(=O)c1cc2c(c(Cl)n1)OCC2(C)CN=[N+]=[N-].CC(O)c1cc(I)c(O)c(Cl)n1.CC(O)c1cc2c(c(Cl)n1)OCC2(C)CI.CC(O)c1cc2c(c(Cl)n1)OCC2(C)CN=[N+]=[N-].CC1(CN=[N+]=[N-])COc2c1cc(C1(C)CO1)nc2Cl. The highest BCUT2D eigenvalue weighted by Crippen LogP contribution is 2.49. The largest absolute Gasteiger partial charge is 0.504 e.